The first kappa shape index (κ1) is 15.4. The number of thiophene rings is 1. The molecule has 1 N–H and O–H groups in total. The van der Waals surface area contributed by atoms with Gasteiger partial charge in [0.05, 0.1) is 16.5 Å². The van der Waals surface area contributed by atoms with Crippen molar-refractivity contribution in [2.45, 2.75) is 18.9 Å². The van der Waals surface area contributed by atoms with Crippen molar-refractivity contribution in [1.82, 2.24) is 10.2 Å². The fraction of sp³-hybridized carbons (Fsp3) is 0.368. The lowest BCUT2D eigenvalue weighted by Gasteiger charge is -2.44. The van der Waals surface area contributed by atoms with Gasteiger partial charge in [-0.05, 0) is 61.7 Å². The van der Waals surface area contributed by atoms with Crippen LogP contribution >= 0.6 is 11.3 Å². The largest absolute Gasteiger partial charge is 0.347 e. The zero-order valence-electron chi connectivity index (χ0n) is 13.4. The Morgan fingerprint density at radius 2 is 1.92 bits per heavy atom. The number of benzene rings is 1. The maximum Gasteiger partial charge on any atom is 0.261 e. The van der Waals surface area contributed by atoms with Crippen molar-refractivity contribution in [3.63, 3.8) is 0 Å². The maximum atomic E-state index is 12.6. The molecule has 3 saturated heterocycles. The van der Waals surface area contributed by atoms with E-state index in [1.807, 2.05) is 36.4 Å². The Bertz CT molecular complexity index is 782. The first-order chi connectivity index (χ1) is 11.7. The summed E-state index contributed by atoms with van der Waals surface area (Å²) < 4.78 is 0. The third kappa shape index (κ3) is 2.95. The van der Waals surface area contributed by atoms with Crippen molar-refractivity contribution >= 4 is 17.2 Å². The van der Waals surface area contributed by atoms with Gasteiger partial charge in [0.1, 0.15) is 0 Å². The molecule has 5 rings (SSSR count). The minimum Gasteiger partial charge on any atom is -0.347 e. The lowest BCUT2D eigenvalue weighted by Crippen LogP contribution is -2.57. The van der Waals surface area contributed by atoms with Crippen molar-refractivity contribution in [2.24, 2.45) is 5.92 Å². The van der Waals surface area contributed by atoms with Crippen LogP contribution in [0.4, 0.5) is 0 Å². The molecule has 1 unspecified atom stereocenters. The van der Waals surface area contributed by atoms with Crippen molar-refractivity contribution < 1.29 is 4.79 Å². The smallest absolute Gasteiger partial charge is 0.261 e. The number of amides is 1. The molecule has 4 heterocycles. The van der Waals surface area contributed by atoms with Crippen LogP contribution in [0.1, 0.15) is 28.1 Å². The second-order valence-corrected chi connectivity index (χ2v) is 7.65. The number of carbonyl (C=O) groups excluding carboxylic acids is 1. The normalized spacial score (nSPS) is 25.2. The quantitative estimate of drug-likeness (QED) is 0.936. The van der Waals surface area contributed by atoms with Gasteiger partial charge in [-0.25, -0.2) is 0 Å². The van der Waals surface area contributed by atoms with E-state index in [2.05, 4.69) is 16.3 Å². The third-order valence-corrected chi connectivity index (χ3v) is 6.23. The second-order valence-electron chi connectivity index (χ2n) is 6.57. The zero-order valence-corrected chi connectivity index (χ0v) is 14.2. The topological polar surface area (TPSA) is 56.1 Å². The molecule has 3 aliphatic rings. The van der Waals surface area contributed by atoms with Gasteiger partial charge < -0.3 is 10.2 Å². The van der Waals surface area contributed by atoms with E-state index in [0.29, 0.717) is 17.5 Å². The number of hydrogen-bond donors (Lipinski definition) is 1. The number of fused-ring (bicyclic) bond motifs is 3. The highest BCUT2D eigenvalue weighted by Gasteiger charge is 2.35. The van der Waals surface area contributed by atoms with E-state index in [4.69, 9.17) is 5.26 Å². The van der Waals surface area contributed by atoms with Gasteiger partial charge >= 0.3 is 0 Å². The van der Waals surface area contributed by atoms with Crippen LogP contribution in [0.5, 0.6) is 0 Å². The summed E-state index contributed by atoms with van der Waals surface area (Å²) in [7, 11) is 0. The summed E-state index contributed by atoms with van der Waals surface area (Å²) >= 11 is 1.51. The van der Waals surface area contributed by atoms with Crippen LogP contribution in [-0.2, 0) is 0 Å². The van der Waals surface area contributed by atoms with Gasteiger partial charge in [-0.3, -0.25) is 4.79 Å². The van der Waals surface area contributed by atoms with Gasteiger partial charge in [-0.2, -0.15) is 5.26 Å². The number of carbonyl (C=O) groups is 1. The van der Waals surface area contributed by atoms with Gasteiger partial charge in [0.2, 0.25) is 0 Å². The lowest BCUT2D eigenvalue weighted by atomic mass is 9.84. The van der Waals surface area contributed by atoms with E-state index in [0.717, 1.165) is 21.9 Å². The van der Waals surface area contributed by atoms with Gasteiger partial charge in [-0.15, -0.1) is 11.3 Å². The number of nitrogens with zero attached hydrogens (tertiary/aromatic N) is 2. The molecule has 122 valence electrons. The number of nitrogens with one attached hydrogen (secondary N) is 1. The number of piperidine rings is 3. The molecule has 1 aromatic carbocycles. The Hall–Kier alpha value is -2.16. The summed E-state index contributed by atoms with van der Waals surface area (Å²) in [6.07, 6.45) is 2.40. The molecular formula is C19H19N3OS. The standard InChI is InChI=1S/C19H19N3OS/c20-11-13-1-3-15(4-2-13)17-5-6-18(24-17)19(23)21-16-12-22-9-7-14(16)8-10-22/h1-6,14,16H,7-10,12H2,(H,21,23). The summed E-state index contributed by atoms with van der Waals surface area (Å²) in [6, 6.07) is 13.8. The number of nitriles is 1. The van der Waals surface area contributed by atoms with Gasteiger partial charge in [-0.1, -0.05) is 12.1 Å². The van der Waals surface area contributed by atoms with Gasteiger partial charge in [0.15, 0.2) is 0 Å². The fourth-order valence-corrected chi connectivity index (χ4v) is 4.61. The van der Waals surface area contributed by atoms with Crippen LogP contribution in [0.2, 0.25) is 0 Å². The van der Waals surface area contributed by atoms with Crippen LogP contribution in [0.25, 0.3) is 10.4 Å². The first-order valence-electron chi connectivity index (χ1n) is 8.36. The molecular weight excluding hydrogens is 318 g/mol. The summed E-state index contributed by atoms with van der Waals surface area (Å²) in [4.78, 5) is 16.8. The Morgan fingerprint density at radius 3 is 2.54 bits per heavy atom. The zero-order chi connectivity index (χ0) is 16.5. The average Bonchev–Trinajstić information content (AvgIpc) is 3.13. The molecule has 0 radical (unpaired) electrons. The summed E-state index contributed by atoms with van der Waals surface area (Å²) in [5, 5.41) is 12.1. The SMILES string of the molecule is N#Cc1ccc(-c2ccc(C(=O)NC3CN4CCC3CC4)s2)cc1. The molecule has 2 aromatic rings. The third-order valence-electron chi connectivity index (χ3n) is 5.10. The van der Waals surface area contributed by atoms with E-state index in [9.17, 15) is 4.79 Å². The molecule has 0 aliphatic carbocycles. The molecule has 1 amide bonds. The number of hydrogen-bond acceptors (Lipinski definition) is 4. The molecule has 3 fully saturated rings. The molecule has 0 saturated carbocycles. The van der Waals surface area contributed by atoms with E-state index in [-0.39, 0.29) is 5.91 Å². The highest BCUT2D eigenvalue weighted by Crippen LogP contribution is 2.30. The molecule has 1 atom stereocenters. The van der Waals surface area contributed by atoms with Crippen LogP contribution in [-0.4, -0.2) is 36.5 Å². The summed E-state index contributed by atoms with van der Waals surface area (Å²) in [5.41, 5.74) is 1.69. The highest BCUT2D eigenvalue weighted by molar-refractivity contribution is 7.17. The molecule has 4 nitrogen and oxygen atoms in total. The predicted molar refractivity (Wildman–Crippen MR) is 94.9 cm³/mol. The van der Waals surface area contributed by atoms with Crippen LogP contribution < -0.4 is 5.32 Å². The average molecular weight is 337 g/mol. The summed E-state index contributed by atoms with van der Waals surface area (Å²) in [6.45, 7) is 3.35. The van der Waals surface area contributed by atoms with E-state index >= 15 is 0 Å². The summed E-state index contributed by atoms with van der Waals surface area (Å²) in [5.74, 6) is 0.676. The van der Waals surface area contributed by atoms with Gasteiger partial charge in [0, 0.05) is 17.5 Å². The van der Waals surface area contributed by atoms with Crippen molar-refractivity contribution in [1.29, 1.82) is 5.26 Å². The van der Waals surface area contributed by atoms with Crippen molar-refractivity contribution in [3.05, 3.63) is 46.8 Å². The minimum atomic E-state index is 0.0404. The van der Waals surface area contributed by atoms with Gasteiger partial charge in [0.25, 0.3) is 5.91 Å². The highest BCUT2D eigenvalue weighted by atomic mass is 32.1. The van der Waals surface area contributed by atoms with Crippen LogP contribution in [0, 0.1) is 17.2 Å². The van der Waals surface area contributed by atoms with Crippen LogP contribution in [0.15, 0.2) is 36.4 Å². The lowest BCUT2D eigenvalue weighted by molar-refractivity contribution is 0.0622. The predicted octanol–water partition coefficient (Wildman–Crippen LogP) is 3.11. The molecule has 5 heteroatoms. The Labute approximate surface area is 145 Å². The molecule has 1 aromatic heterocycles. The molecule has 2 bridgehead atoms. The Balaban J connectivity index is 1.46. The van der Waals surface area contributed by atoms with E-state index in [1.165, 1.54) is 37.3 Å². The van der Waals surface area contributed by atoms with Crippen molar-refractivity contribution in [3.8, 4) is 16.5 Å². The van der Waals surface area contributed by atoms with E-state index in [1.54, 1.807) is 0 Å². The molecule has 0 spiro atoms. The number of rotatable bonds is 3. The Morgan fingerprint density at radius 1 is 1.17 bits per heavy atom. The van der Waals surface area contributed by atoms with E-state index < -0.39 is 0 Å². The minimum absolute atomic E-state index is 0.0404. The fourth-order valence-electron chi connectivity index (χ4n) is 3.69. The second kappa shape index (κ2) is 6.39. The monoisotopic (exact) mass is 337 g/mol. The van der Waals surface area contributed by atoms with Crippen molar-refractivity contribution in [2.75, 3.05) is 19.6 Å². The molecule has 3 aliphatic heterocycles. The Kier molecular flexibility index (Phi) is 4.09. The first-order valence-corrected chi connectivity index (χ1v) is 9.18. The molecule has 24 heavy (non-hydrogen) atoms. The van der Waals surface area contributed by atoms with Crippen LogP contribution in [0.3, 0.4) is 0 Å². The maximum absolute atomic E-state index is 12.6.